The molecule has 0 aliphatic heterocycles. The van der Waals surface area contributed by atoms with Gasteiger partial charge >= 0.3 is 0 Å². The van der Waals surface area contributed by atoms with Crippen LogP contribution in [0.5, 0.6) is 0 Å². The van der Waals surface area contributed by atoms with Crippen LogP contribution in [-0.2, 0) is 0 Å². The van der Waals surface area contributed by atoms with E-state index in [0.717, 1.165) is 50.6 Å². The normalized spacial score (nSPS) is 12.5. The molecule has 180 valence electrons. The van der Waals surface area contributed by atoms with Gasteiger partial charge in [0.05, 0.1) is 35.1 Å². The minimum atomic E-state index is 0.692. The second kappa shape index (κ2) is 11.7. The zero-order chi connectivity index (χ0) is 25.4. The van der Waals surface area contributed by atoms with Crippen molar-refractivity contribution in [2.45, 2.75) is 41.5 Å². The Hall–Kier alpha value is -4.26. The van der Waals surface area contributed by atoms with Crippen molar-refractivity contribution in [3.8, 4) is 11.5 Å². The van der Waals surface area contributed by atoms with Crippen LogP contribution >= 0.6 is 0 Å². The van der Waals surface area contributed by atoms with Crippen LogP contribution in [0.4, 0.5) is 0 Å². The first-order valence-corrected chi connectivity index (χ1v) is 11.8. The fraction of sp³-hybridized carbons (Fsp3) is 0.214. The van der Waals surface area contributed by atoms with Crippen LogP contribution in [0.1, 0.15) is 50.5 Å². The number of hydrogen-bond donors (Lipinski definition) is 2. The van der Waals surface area contributed by atoms with Gasteiger partial charge in [-0.25, -0.2) is 9.97 Å². The highest BCUT2D eigenvalue weighted by atomic mass is 15.1. The fourth-order valence-corrected chi connectivity index (χ4v) is 3.61. The summed E-state index contributed by atoms with van der Waals surface area (Å²) in [4.78, 5) is 17.3. The number of aromatic amines is 2. The smallest absolute Gasteiger partial charge is 0.159 e. The van der Waals surface area contributed by atoms with Crippen LogP contribution in [0.25, 0.3) is 33.7 Å². The molecule has 0 atom stereocenters. The number of nitrogens with one attached hydrogen (secondary N) is 2. The van der Waals surface area contributed by atoms with E-state index in [-0.39, 0.29) is 0 Å². The van der Waals surface area contributed by atoms with E-state index in [0.29, 0.717) is 5.82 Å². The molecule has 7 heteroatoms. The Labute approximate surface area is 206 Å². The topological polar surface area (TPSA) is 88.1 Å². The van der Waals surface area contributed by atoms with E-state index in [9.17, 15) is 0 Å². The maximum absolute atomic E-state index is 4.93. The summed E-state index contributed by atoms with van der Waals surface area (Å²) in [6.45, 7) is 15.7. The summed E-state index contributed by atoms with van der Waals surface area (Å²) in [6, 6.07) is 2.03. The van der Waals surface area contributed by atoms with E-state index in [1.54, 1.807) is 18.6 Å². The summed E-state index contributed by atoms with van der Waals surface area (Å²) in [5.74, 6) is 0.692. The number of hydrogen-bond acceptors (Lipinski definition) is 4. The van der Waals surface area contributed by atoms with E-state index >= 15 is 0 Å². The van der Waals surface area contributed by atoms with Crippen LogP contribution in [0.3, 0.4) is 0 Å². The van der Waals surface area contributed by atoms with Crippen LogP contribution in [0, 0.1) is 13.8 Å². The Kier molecular flexibility index (Phi) is 8.51. The lowest BCUT2D eigenvalue weighted by Crippen LogP contribution is -1.98. The predicted octanol–water partition coefficient (Wildman–Crippen LogP) is 6.80. The lowest BCUT2D eigenvalue weighted by Gasteiger charge is -2.06. The van der Waals surface area contributed by atoms with E-state index in [4.69, 9.17) is 4.98 Å². The maximum atomic E-state index is 4.93. The Morgan fingerprint density at radius 3 is 2.57 bits per heavy atom. The number of pyridine rings is 1. The van der Waals surface area contributed by atoms with Crippen molar-refractivity contribution >= 4 is 22.2 Å². The first kappa shape index (κ1) is 25.4. The van der Waals surface area contributed by atoms with Crippen molar-refractivity contribution in [1.29, 1.82) is 0 Å². The number of allylic oxidation sites excluding steroid dienone is 8. The number of rotatable bonds is 7. The van der Waals surface area contributed by atoms with E-state index < -0.39 is 0 Å². The number of imidazole rings is 2. The van der Waals surface area contributed by atoms with E-state index in [1.807, 2.05) is 94.8 Å². The molecular weight excluding hydrogens is 434 g/mol. The third-order valence-corrected chi connectivity index (χ3v) is 5.25. The van der Waals surface area contributed by atoms with Crippen molar-refractivity contribution in [2.24, 2.45) is 0 Å². The standard InChI is InChI=1S/C26H27N7.C2H6/c1-6-9-11-19(8-3)21-13-20-22(14-27-21)31-32-25(20)26-29-18(5)24(30-26)23(12-10-7-2)33-15-17(4)28-16-33;1-2/h6-16H,1H2,2-5H3,(H,29,30)(H,31,32);1-2H3/b10-7-,11-9-,19-8+,23-12+;. The van der Waals surface area contributed by atoms with Gasteiger partial charge in [-0.1, -0.05) is 56.9 Å². The number of H-pyrrole nitrogens is 2. The van der Waals surface area contributed by atoms with Crippen molar-refractivity contribution < 1.29 is 0 Å². The molecule has 4 aromatic heterocycles. The number of aromatic nitrogens is 7. The highest BCUT2D eigenvalue weighted by Crippen LogP contribution is 2.29. The zero-order valence-electron chi connectivity index (χ0n) is 21.3. The summed E-state index contributed by atoms with van der Waals surface area (Å²) in [5, 5.41) is 8.56. The quantitative estimate of drug-likeness (QED) is 0.293. The van der Waals surface area contributed by atoms with Crippen LogP contribution in [0.2, 0.25) is 0 Å². The lowest BCUT2D eigenvalue weighted by atomic mass is 10.1. The molecule has 0 aliphatic carbocycles. The summed E-state index contributed by atoms with van der Waals surface area (Å²) in [5.41, 5.74) is 7.12. The van der Waals surface area contributed by atoms with Gasteiger partial charge in [-0.2, -0.15) is 5.10 Å². The zero-order valence-corrected chi connectivity index (χ0v) is 21.3. The van der Waals surface area contributed by atoms with Gasteiger partial charge in [0.15, 0.2) is 5.82 Å². The molecular formula is C28H33N7. The molecule has 4 heterocycles. The Balaban J connectivity index is 0.00000167. The summed E-state index contributed by atoms with van der Waals surface area (Å²) >= 11 is 0. The molecule has 0 spiro atoms. The molecule has 0 bridgehead atoms. The minimum Gasteiger partial charge on any atom is -0.340 e. The number of aryl methyl sites for hydroxylation is 2. The van der Waals surface area contributed by atoms with Gasteiger partial charge in [0.2, 0.25) is 0 Å². The number of nitrogens with zero attached hydrogens (tertiary/aromatic N) is 5. The largest absolute Gasteiger partial charge is 0.340 e. The predicted molar refractivity (Wildman–Crippen MR) is 146 cm³/mol. The molecule has 0 aromatic carbocycles. The molecule has 0 radical (unpaired) electrons. The average molecular weight is 468 g/mol. The second-order valence-electron chi connectivity index (χ2n) is 7.59. The van der Waals surface area contributed by atoms with Gasteiger partial charge in [-0.15, -0.1) is 0 Å². The molecule has 4 rings (SSSR count). The summed E-state index contributed by atoms with van der Waals surface area (Å²) in [6.07, 6.45) is 19.3. The summed E-state index contributed by atoms with van der Waals surface area (Å²) in [7, 11) is 0. The van der Waals surface area contributed by atoms with Gasteiger partial charge in [0.25, 0.3) is 0 Å². The van der Waals surface area contributed by atoms with Crippen molar-refractivity contribution in [2.75, 3.05) is 0 Å². The van der Waals surface area contributed by atoms with Gasteiger partial charge in [0, 0.05) is 17.3 Å². The molecule has 0 unspecified atom stereocenters. The molecule has 2 N–H and O–H groups in total. The van der Waals surface area contributed by atoms with Crippen molar-refractivity contribution in [3.63, 3.8) is 0 Å². The molecule has 0 saturated heterocycles. The van der Waals surface area contributed by atoms with Gasteiger partial charge < -0.3 is 9.55 Å². The third kappa shape index (κ3) is 5.46. The molecule has 0 amide bonds. The third-order valence-electron chi connectivity index (χ3n) is 5.25. The van der Waals surface area contributed by atoms with E-state index in [1.165, 1.54) is 0 Å². The highest BCUT2D eigenvalue weighted by molar-refractivity contribution is 5.93. The molecule has 7 nitrogen and oxygen atoms in total. The SMILES string of the molecule is C=C/C=C\C(=C/C)c1cc2c(-c3nc(/C(=C\C=C/C)n4cnc(C)c4)c(C)[nH]3)n[nH]c2cn1.CC. The van der Waals surface area contributed by atoms with Crippen LogP contribution in [-0.4, -0.2) is 34.7 Å². The molecule has 4 aromatic rings. The maximum Gasteiger partial charge on any atom is 0.159 e. The molecule has 35 heavy (non-hydrogen) atoms. The lowest BCUT2D eigenvalue weighted by molar-refractivity contribution is 1.06. The monoisotopic (exact) mass is 467 g/mol. The van der Waals surface area contributed by atoms with Gasteiger partial charge in [-0.05, 0) is 45.4 Å². The van der Waals surface area contributed by atoms with Crippen molar-refractivity contribution in [3.05, 3.63) is 96.7 Å². The molecule has 0 aliphatic rings. The minimum absolute atomic E-state index is 0.692. The molecule has 0 saturated carbocycles. The fourth-order valence-electron chi connectivity index (χ4n) is 3.61. The molecule has 0 fully saturated rings. The van der Waals surface area contributed by atoms with E-state index in [2.05, 4.69) is 31.7 Å². The second-order valence-corrected chi connectivity index (χ2v) is 7.59. The first-order valence-electron chi connectivity index (χ1n) is 11.8. The average Bonchev–Trinajstić information content (AvgIpc) is 3.59. The van der Waals surface area contributed by atoms with Crippen molar-refractivity contribution in [1.82, 2.24) is 34.7 Å². The Morgan fingerprint density at radius 1 is 1.11 bits per heavy atom. The number of fused-ring (bicyclic) bond motifs is 1. The van der Waals surface area contributed by atoms with Crippen LogP contribution < -0.4 is 0 Å². The Morgan fingerprint density at radius 2 is 1.91 bits per heavy atom. The van der Waals surface area contributed by atoms with Gasteiger partial charge in [0.1, 0.15) is 11.4 Å². The Bertz CT molecular complexity index is 1420. The first-order chi connectivity index (χ1) is 17.0. The highest BCUT2D eigenvalue weighted by Gasteiger charge is 2.18. The van der Waals surface area contributed by atoms with Gasteiger partial charge in [-0.3, -0.25) is 10.1 Å². The summed E-state index contributed by atoms with van der Waals surface area (Å²) < 4.78 is 1.98. The van der Waals surface area contributed by atoms with Crippen LogP contribution in [0.15, 0.2) is 73.9 Å².